The van der Waals surface area contributed by atoms with E-state index in [0.717, 1.165) is 44.1 Å². The monoisotopic (exact) mass is 414 g/mol. The Bertz CT molecular complexity index is 815. The van der Waals surface area contributed by atoms with Crippen molar-refractivity contribution in [3.63, 3.8) is 0 Å². The van der Waals surface area contributed by atoms with Gasteiger partial charge in [0.25, 0.3) is 0 Å². The van der Waals surface area contributed by atoms with Crippen molar-refractivity contribution in [1.29, 1.82) is 0 Å². The highest BCUT2D eigenvalue weighted by molar-refractivity contribution is 6.05. The Morgan fingerprint density at radius 1 is 1.00 bits per heavy atom. The Kier molecular flexibility index (Phi) is 5.97. The lowest BCUT2D eigenvalue weighted by atomic mass is 9.81. The zero-order chi connectivity index (χ0) is 21.3. The lowest BCUT2D eigenvalue weighted by Crippen LogP contribution is -2.37. The van der Waals surface area contributed by atoms with E-state index in [1.165, 1.54) is 4.90 Å². The van der Waals surface area contributed by atoms with Crippen molar-refractivity contribution in [2.45, 2.75) is 51.0 Å². The molecule has 3 atom stereocenters. The number of imide groups is 1. The van der Waals surface area contributed by atoms with Crippen molar-refractivity contribution in [3.05, 3.63) is 23.8 Å². The van der Waals surface area contributed by atoms with E-state index in [1.807, 2.05) is 23.1 Å². The van der Waals surface area contributed by atoms with Crippen LogP contribution in [0.4, 0.5) is 0 Å². The summed E-state index contributed by atoms with van der Waals surface area (Å²) in [5.74, 6) is 0.909. The van der Waals surface area contributed by atoms with Crippen molar-refractivity contribution in [1.82, 2.24) is 9.80 Å². The van der Waals surface area contributed by atoms with Crippen molar-refractivity contribution in [3.8, 4) is 11.5 Å². The summed E-state index contributed by atoms with van der Waals surface area (Å²) in [7, 11) is 3.22. The molecule has 0 N–H and O–H groups in total. The number of benzene rings is 1. The summed E-state index contributed by atoms with van der Waals surface area (Å²) in [5.41, 5.74) is 0.962. The molecule has 0 spiro atoms. The highest BCUT2D eigenvalue weighted by Gasteiger charge is 2.48. The molecule has 4 rings (SSSR count). The molecule has 2 saturated heterocycles. The third-order valence-electron chi connectivity index (χ3n) is 6.85. The minimum atomic E-state index is -0.163. The number of methoxy groups -OCH3 is 2. The summed E-state index contributed by atoms with van der Waals surface area (Å²) in [4.78, 5) is 41.6. The first-order chi connectivity index (χ1) is 14.5. The van der Waals surface area contributed by atoms with Gasteiger partial charge < -0.3 is 14.4 Å². The fourth-order valence-electron chi connectivity index (χ4n) is 5.28. The van der Waals surface area contributed by atoms with Crippen molar-refractivity contribution in [2.75, 3.05) is 27.3 Å². The van der Waals surface area contributed by atoms with Gasteiger partial charge in [0.2, 0.25) is 17.7 Å². The first-order valence-electron chi connectivity index (χ1n) is 10.9. The molecule has 3 aliphatic rings. The molecule has 3 fully saturated rings. The van der Waals surface area contributed by atoms with Crippen LogP contribution < -0.4 is 9.47 Å². The fourth-order valence-corrected chi connectivity index (χ4v) is 5.28. The lowest BCUT2D eigenvalue weighted by Gasteiger charge is -2.27. The third kappa shape index (κ3) is 3.66. The van der Waals surface area contributed by atoms with Crippen molar-refractivity contribution < 1.29 is 23.9 Å². The average molecular weight is 415 g/mol. The van der Waals surface area contributed by atoms with E-state index in [2.05, 4.69) is 0 Å². The smallest absolute Gasteiger partial charge is 0.233 e. The summed E-state index contributed by atoms with van der Waals surface area (Å²) in [6.07, 6.45) is 5.55. The van der Waals surface area contributed by atoms with Gasteiger partial charge in [-0.3, -0.25) is 19.3 Å². The molecule has 3 amide bonds. The number of rotatable bonds is 6. The minimum Gasteiger partial charge on any atom is -0.497 e. The van der Waals surface area contributed by atoms with Gasteiger partial charge in [0.05, 0.1) is 32.1 Å². The van der Waals surface area contributed by atoms with Crippen LogP contribution in [0.2, 0.25) is 0 Å². The molecular formula is C23H30N2O5. The molecule has 30 heavy (non-hydrogen) atoms. The minimum absolute atomic E-state index is 0.0224. The Morgan fingerprint density at radius 2 is 1.70 bits per heavy atom. The van der Waals surface area contributed by atoms with Gasteiger partial charge in [-0.25, -0.2) is 0 Å². The molecule has 1 aliphatic carbocycles. The van der Waals surface area contributed by atoms with Gasteiger partial charge in [0.1, 0.15) is 11.5 Å². The Morgan fingerprint density at radius 3 is 2.33 bits per heavy atom. The largest absolute Gasteiger partial charge is 0.497 e. The van der Waals surface area contributed by atoms with Crippen molar-refractivity contribution >= 4 is 17.7 Å². The second-order valence-corrected chi connectivity index (χ2v) is 8.43. The van der Waals surface area contributed by atoms with E-state index in [1.54, 1.807) is 14.2 Å². The highest BCUT2D eigenvalue weighted by Crippen LogP contribution is 2.40. The van der Waals surface area contributed by atoms with E-state index in [4.69, 9.17) is 9.47 Å². The summed E-state index contributed by atoms with van der Waals surface area (Å²) in [5, 5.41) is 0. The second kappa shape index (κ2) is 8.66. The van der Waals surface area contributed by atoms with Crippen LogP contribution in [0.25, 0.3) is 0 Å². The molecule has 2 aliphatic heterocycles. The first kappa shape index (κ1) is 20.7. The molecule has 0 radical (unpaired) electrons. The number of likely N-dealkylation sites (tertiary alicyclic amines) is 2. The Hall–Kier alpha value is -2.57. The SMILES string of the molecule is COc1ccc([C@H]2CCCN2C(=O)CCN2C(=O)[C@H]3CCCC[C@H]3C2=O)c(OC)c1. The summed E-state index contributed by atoms with van der Waals surface area (Å²) < 4.78 is 10.8. The molecule has 7 nitrogen and oxygen atoms in total. The number of carbonyl (C=O) groups excluding carboxylic acids is 3. The molecule has 7 heteroatoms. The highest BCUT2D eigenvalue weighted by atomic mass is 16.5. The van der Waals surface area contributed by atoms with Gasteiger partial charge >= 0.3 is 0 Å². The standard InChI is InChI=1S/C23H30N2O5/c1-29-15-9-10-18(20(14-15)30-2)19-8-5-12-24(19)21(26)11-13-25-22(27)16-6-3-4-7-17(16)23(25)28/h9-10,14,16-17,19H,3-8,11-13H2,1-2H3/t16-,17+,19-/m1/s1. The lowest BCUT2D eigenvalue weighted by molar-refractivity contribution is -0.141. The van der Waals surface area contributed by atoms with Crippen LogP contribution >= 0.6 is 0 Å². The number of amides is 3. The Balaban J connectivity index is 1.43. The van der Waals surface area contributed by atoms with E-state index < -0.39 is 0 Å². The normalized spacial score (nSPS) is 26.1. The summed E-state index contributed by atoms with van der Waals surface area (Å²) in [6, 6.07) is 5.60. The topological polar surface area (TPSA) is 76.2 Å². The van der Waals surface area contributed by atoms with Gasteiger partial charge in [-0.1, -0.05) is 12.8 Å². The van der Waals surface area contributed by atoms with Crippen LogP contribution in [0.1, 0.15) is 56.6 Å². The molecule has 0 unspecified atom stereocenters. The van der Waals surface area contributed by atoms with E-state index >= 15 is 0 Å². The quantitative estimate of drug-likeness (QED) is 0.669. The van der Waals surface area contributed by atoms with Crippen LogP contribution in [0.3, 0.4) is 0 Å². The predicted octanol–water partition coefficient (Wildman–Crippen LogP) is 2.93. The predicted molar refractivity (Wildman–Crippen MR) is 110 cm³/mol. The molecule has 0 bridgehead atoms. The van der Waals surface area contributed by atoms with Crippen LogP contribution in [-0.2, 0) is 14.4 Å². The van der Waals surface area contributed by atoms with Crippen LogP contribution in [-0.4, -0.2) is 54.8 Å². The second-order valence-electron chi connectivity index (χ2n) is 8.43. The van der Waals surface area contributed by atoms with E-state index in [0.29, 0.717) is 18.0 Å². The molecule has 1 saturated carbocycles. The Labute approximate surface area is 177 Å². The first-order valence-corrected chi connectivity index (χ1v) is 10.9. The number of hydrogen-bond acceptors (Lipinski definition) is 5. The van der Waals surface area contributed by atoms with E-state index in [-0.39, 0.29) is 48.6 Å². The maximum atomic E-state index is 13.0. The maximum Gasteiger partial charge on any atom is 0.233 e. The van der Waals surface area contributed by atoms with Gasteiger partial charge in [-0.15, -0.1) is 0 Å². The van der Waals surface area contributed by atoms with Gasteiger partial charge in [0, 0.05) is 31.1 Å². The third-order valence-corrected chi connectivity index (χ3v) is 6.85. The number of carbonyl (C=O) groups is 3. The van der Waals surface area contributed by atoms with Gasteiger partial charge in [-0.2, -0.15) is 0 Å². The number of fused-ring (bicyclic) bond motifs is 1. The molecule has 162 valence electrons. The molecule has 1 aromatic carbocycles. The molecule has 2 heterocycles. The zero-order valence-corrected chi connectivity index (χ0v) is 17.8. The molecular weight excluding hydrogens is 384 g/mol. The van der Waals surface area contributed by atoms with E-state index in [9.17, 15) is 14.4 Å². The fraction of sp³-hybridized carbons (Fsp3) is 0.609. The van der Waals surface area contributed by atoms with Gasteiger partial charge in [-0.05, 0) is 37.8 Å². The molecule has 1 aromatic rings. The van der Waals surface area contributed by atoms with Crippen LogP contribution in [0.5, 0.6) is 11.5 Å². The zero-order valence-electron chi connectivity index (χ0n) is 17.8. The summed E-state index contributed by atoms with van der Waals surface area (Å²) >= 11 is 0. The maximum absolute atomic E-state index is 13.0. The molecule has 0 aromatic heterocycles. The van der Waals surface area contributed by atoms with Crippen LogP contribution in [0.15, 0.2) is 18.2 Å². The van der Waals surface area contributed by atoms with Crippen LogP contribution in [0, 0.1) is 11.8 Å². The van der Waals surface area contributed by atoms with Gasteiger partial charge in [0.15, 0.2) is 0 Å². The average Bonchev–Trinajstić information content (AvgIpc) is 3.36. The number of ether oxygens (including phenoxy) is 2. The van der Waals surface area contributed by atoms with Crippen molar-refractivity contribution in [2.24, 2.45) is 11.8 Å². The number of nitrogens with zero attached hydrogens (tertiary/aromatic N) is 2. The summed E-state index contributed by atoms with van der Waals surface area (Å²) in [6.45, 7) is 0.859. The number of hydrogen-bond donors (Lipinski definition) is 0.